The van der Waals surface area contributed by atoms with E-state index in [2.05, 4.69) is 13.8 Å². The van der Waals surface area contributed by atoms with Crippen LogP contribution in [-0.4, -0.2) is 11.8 Å². The molecular weight excluding hydrogens is 343 g/mol. The van der Waals surface area contributed by atoms with Crippen LogP contribution in [0.4, 0.5) is 4.39 Å². The van der Waals surface area contributed by atoms with Gasteiger partial charge in [-0.15, -0.1) is 0 Å². The third kappa shape index (κ3) is 2.92. The number of esters is 1. The lowest BCUT2D eigenvalue weighted by atomic mass is 9.54. The van der Waals surface area contributed by atoms with E-state index in [4.69, 9.17) is 4.74 Å². The minimum Gasteiger partial charge on any atom is -0.424 e. The molecule has 3 nitrogen and oxygen atoms in total. The highest BCUT2D eigenvalue weighted by Crippen LogP contribution is 2.62. The number of fused-ring (bicyclic) bond motifs is 5. The van der Waals surface area contributed by atoms with Gasteiger partial charge in [0.25, 0.3) is 0 Å². The highest BCUT2D eigenvalue weighted by atomic mass is 19.1. The van der Waals surface area contributed by atoms with E-state index in [9.17, 15) is 14.0 Å². The summed E-state index contributed by atoms with van der Waals surface area (Å²) >= 11 is 0. The predicted molar refractivity (Wildman–Crippen MR) is 101 cm³/mol. The van der Waals surface area contributed by atoms with Gasteiger partial charge >= 0.3 is 5.97 Å². The molecule has 0 bridgehead atoms. The fourth-order valence-electron chi connectivity index (χ4n) is 6.50. The van der Waals surface area contributed by atoms with Crippen molar-refractivity contribution in [2.24, 2.45) is 23.2 Å². The van der Waals surface area contributed by atoms with Gasteiger partial charge in [0, 0.05) is 18.8 Å². The second-order valence-corrected chi connectivity index (χ2v) is 9.04. The van der Waals surface area contributed by atoms with E-state index < -0.39 is 11.8 Å². The van der Waals surface area contributed by atoms with Crippen molar-refractivity contribution in [1.82, 2.24) is 0 Å². The Balaban J connectivity index is 1.69. The molecule has 0 aromatic heterocycles. The molecule has 0 saturated heterocycles. The monoisotopic (exact) mass is 372 g/mol. The van der Waals surface area contributed by atoms with Crippen molar-refractivity contribution in [3.63, 3.8) is 0 Å². The smallest absolute Gasteiger partial charge is 0.308 e. The van der Waals surface area contributed by atoms with Crippen LogP contribution in [0.15, 0.2) is 12.1 Å². The minimum atomic E-state index is -0.497. The first-order chi connectivity index (χ1) is 12.8. The molecule has 27 heavy (non-hydrogen) atoms. The Labute approximate surface area is 160 Å². The Morgan fingerprint density at radius 3 is 2.81 bits per heavy atom. The SMILES string of the molecule is CCCC1CC(=O)C2(C)CCC3c4cc(F)c(OC(C)=O)cc4CCC3C12. The average molecular weight is 372 g/mol. The number of hydrogen-bond acceptors (Lipinski definition) is 3. The second kappa shape index (κ2) is 6.72. The number of ether oxygens (including phenoxy) is 1. The molecule has 1 aromatic rings. The van der Waals surface area contributed by atoms with Crippen LogP contribution >= 0.6 is 0 Å². The molecule has 1 aromatic carbocycles. The Bertz CT molecular complexity index is 786. The van der Waals surface area contributed by atoms with Gasteiger partial charge in [-0.25, -0.2) is 4.39 Å². The van der Waals surface area contributed by atoms with Gasteiger partial charge in [-0.1, -0.05) is 20.3 Å². The zero-order valence-corrected chi connectivity index (χ0v) is 16.5. The zero-order valence-electron chi connectivity index (χ0n) is 16.5. The molecule has 2 saturated carbocycles. The molecule has 0 N–H and O–H groups in total. The molecule has 3 aliphatic carbocycles. The molecule has 0 aliphatic heterocycles. The summed E-state index contributed by atoms with van der Waals surface area (Å²) in [5.74, 6) is 1.22. The van der Waals surface area contributed by atoms with Crippen LogP contribution < -0.4 is 4.74 Å². The van der Waals surface area contributed by atoms with Gasteiger partial charge in [0.15, 0.2) is 11.6 Å². The number of ketones is 1. The van der Waals surface area contributed by atoms with Crippen LogP contribution in [0.25, 0.3) is 0 Å². The van der Waals surface area contributed by atoms with E-state index in [-0.39, 0.29) is 11.2 Å². The molecule has 5 atom stereocenters. The first kappa shape index (κ1) is 18.6. The fraction of sp³-hybridized carbons (Fsp3) is 0.652. The van der Waals surface area contributed by atoms with Gasteiger partial charge in [0.2, 0.25) is 0 Å². The van der Waals surface area contributed by atoms with Gasteiger partial charge in [0.05, 0.1) is 0 Å². The number of hydrogen-bond donors (Lipinski definition) is 0. The summed E-state index contributed by atoms with van der Waals surface area (Å²) in [7, 11) is 0. The summed E-state index contributed by atoms with van der Waals surface area (Å²) in [6, 6.07) is 3.32. The first-order valence-corrected chi connectivity index (χ1v) is 10.4. The summed E-state index contributed by atoms with van der Waals surface area (Å²) in [6.07, 6.45) is 6.71. The third-order valence-electron chi connectivity index (χ3n) is 7.53. The topological polar surface area (TPSA) is 43.4 Å². The molecule has 2 fully saturated rings. The first-order valence-electron chi connectivity index (χ1n) is 10.4. The van der Waals surface area contributed by atoms with Gasteiger partial charge in [0.1, 0.15) is 5.78 Å². The van der Waals surface area contributed by atoms with Crippen molar-refractivity contribution in [1.29, 1.82) is 0 Å². The van der Waals surface area contributed by atoms with Gasteiger partial charge < -0.3 is 4.74 Å². The molecule has 4 rings (SSSR count). The standard InChI is InChI=1S/C23H29FO3/c1-4-5-15-11-21(26)23(3)9-8-16-17(22(15)23)7-6-14-10-20(27-13(2)25)19(24)12-18(14)16/h10,12,15-17,22H,4-9,11H2,1-3H3. The van der Waals surface area contributed by atoms with Crippen LogP contribution in [-0.2, 0) is 16.0 Å². The molecule has 0 heterocycles. The molecule has 146 valence electrons. The molecule has 4 heteroatoms. The molecule has 5 unspecified atom stereocenters. The van der Waals surface area contributed by atoms with Crippen molar-refractivity contribution in [2.45, 2.75) is 71.6 Å². The van der Waals surface area contributed by atoms with Crippen LogP contribution in [0, 0.1) is 29.0 Å². The van der Waals surface area contributed by atoms with E-state index in [0.29, 0.717) is 29.5 Å². The predicted octanol–water partition coefficient (Wildman–Crippen LogP) is 5.20. The van der Waals surface area contributed by atoms with Gasteiger partial charge in [-0.05, 0) is 79.0 Å². The summed E-state index contributed by atoms with van der Waals surface area (Å²) in [5, 5.41) is 0. The summed E-state index contributed by atoms with van der Waals surface area (Å²) < 4.78 is 19.6. The van der Waals surface area contributed by atoms with Crippen LogP contribution in [0.1, 0.15) is 76.3 Å². The summed E-state index contributed by atoms with van der Waals surface area (Å²) in [4.78, 5) is 24.1. The van der Waals surface area contributed by atoms with E-state index in [0.717, 1.165) is 56.1 Å². The minimum absolute atomic E-state index is 0.0419. The number of rotatable bonds is 3. The van der Waals surface area contributed by atoms with E-state index in [1.54, 1.807) is 12.1 Å². The zero-order chi connectivity index (χ0) is 19.3. The lowest BCUT2D eigenvalue weighted by Gasteiger charge is -2.50. The molecule has 0 spiro atoms. The molecule has 0 amide bonds. The van der Waals surface area contributed by atoms with E-state index >= 15 is 0 Å². The van der Waals surface area contributed by atoms with Crippen molar-refractivity contribution < 1.29 is 18.7 Å². The van der Waals surface area contributed by atoms with E-state index in [1.807, 2.05) is 0 Å². The van der Waals surface area contributed by atoms with Crippen LogP contribution in [0.5, 0.6) is 5.75 Å². The summed E-state index contributed by atoms with van der Waals surface area (Å²) in [5.41, 5.74) is 2.00. The van der Waals surface area contributed by atoms with Crippen molar-refractivity contribution in [3.05, 3.63) is 29.1 Å². The molecular formula is C23H29FO3. The number of carbonyl (C=O) groups excluding carboxylic acids is 2. The maximum atomic E-state index is 14.6. The van der Waals surface area contributed by atoms with Crippen molar-refractivity contribution in [2.75, 3.05) is 0 Å². The Morgan fingerprint density at radius 2 is 2.11 bits per heavy atom. The largest absolute Gasteiger partial charge is 0.424 e. The van der Waals surface area contributed by atoms with Crippen molar-refractivity contribution >= 4 is 11.8 Å². The van der Waals surface area contributed by atoms with Crippen LogP contribution in [0.2, 0.25) is 0 Å². The lowest BCUT2D eigenvalue weighted by molar-refractivity contribution is -0.132. The quantitative estimate of drug-likeness (QED) is 0.541. The molecule has 0 radical (unpaired) electrons. The maximum absolute atomic E-state index is 14.6. The summed E-state index contributed by atoms with van der Waals surface area (Å²) in [6.45, 7) is 5.68. The Morgan fingerprint density at radius 1 is 1.33 bits per heavy atom. The molecule has 3 aliphatic rings. The third-order valence-corrected chi connectivity index (χ3v) is 7.53. The Hall–Kier alpha value is -1.71. The van der Waals surface area contributed by atoms with Gasteiger partial charge in [-0.3, -0.25) is 9.59 Å². The highest BCUT2D eigenvalue weighted by Gasteiger charge is 2.58. The van der Waals surface area contributed by atoms with E-state index in [1.165, 1.54) is 6.92 Å². The maximum Gasteiger partial charge on any atom is 0.308 e. The number of aryl methyl sites for hydroxylation is 1. The number of Topliss-reactive ketones (excluding diaryl/α,β-unsaturated/α-hetero) is 1. The number of benzene rings is 1. The van der Waals surface area contributed by atoms with Crippen molar-refractivity contribution in [3.8, 4) is 5.75 Å². The average Bonchev–Trinajstić information content (AvgIpc) is 2.86. The number of halogens is 1. The normalized spacial score (nSPS) is 34.6. The second-order valence-electron chi connectivity index (χ2n) is 9.04. The van der Waals surface area contributed by atoms with Crippen LogP contribution in [0.3, 0.4) is 0 Å². The number of carbonyl (C=O) groups is 2. The lowest BCUT2D eigenvalue weighted by Crippen LogP contribution is -2.44. The highest BCUT2D eigenvalue weighted by molar-refractivity contribution is 5.87. The van der Waals surface area contributed by atoms with Gasteiger partial charge in [-0.2, -0.15) is 0 Å². The Kier molecular flexibility index (Phi) is 4.64. The fourth-order valence-corrected chi connectivity index (χ4v) is 6.50.